The van der Waals surface area contributed by atoms with Crippen LogP contribution in [0.1, 0.15) is 41.6 Å². The zero-order valence-corrected chi connectivity index (χ0v) is 11.4. The van der Waals surface area contributed by atoms with E-state index in [2.05, 4.69) is 5.32 Å². The first-order chi connectivity index (χ1) is 9.07. The van der Waals surface area contributed by atoms with Crippen LogP contribution in [0.5, 0.6) is 0 Å². The van der Waals surface area contributed by atoms with Crippen LogP contribution in [0.2, 0.25) is 0 Å². The molecule has 1 fully saturated rings. The van der Waals surface area contributed by atoms with Crippen LogP contribution >= 0.6 is 0 Å². The molecule has 102 valence electrons. The molecule has 0 bridgehead atoms. The van der Waals surface area contributed by atoms with Gasteiger partial charge in [0.1, 0.15) is 5.54 Å². The second kappa shape index (κ2) is 5.43. The van der Waals surface area contributed by atoms with Gasteiger partial charge in [0.2, 0.25) is 0 Å². The molecule has 1 aliphatic carbocycles. The maximum Gasteiger partial charge on any atom is 0.331 e. The number of esters is 1. The minimum Gasteiger partial charge on any atom is -0.467 e. The van der Waals surface area contributed by atoms with Crippen molar-refractivity contribution in [1.29, 1.82) is 0 Å². The number of carbonyl (C=O) groups is 2. The first-order valence-corrected chi connectivity index (χ1v) is 6.55. The minimum atomic E-state index is -0.838. The zero-order chi connectivity index (χ0) is 13.9. The second-order valence-electron chi connectivity index (χ2n) is 5.10. The van der Waals surface area contributed by atoms with Gasteiger partial charge in [0.25, 0.3) is 5.91 Å². The Bertz CT molecular complexity index is 490. The molecule has 1 amide bonds. The number of benzene rings is 1. The molecule has 1 aliphatic rings. The van der Waals surface area contributed by atoms with E-state index in [1.165, 1.54) is 7.11 Å². The average molecular weight is 261 g/mol. The van der Waals surface area contributed by atoms with Crippen molar-refractivity contribution >= 4 is 11.9 Å². The molecule has 0 saturated heterocycles. The molecule has 19 heavy (non-hydrogen) atoms. The molecular weight excluding hydrogens is 242 g/mol. The molecule has 2 rings (SSSR count). The van der Waals surface area contributed by atoms with Crippen molar-refractivity contribution in [1.82, 2.24) is 5.32 Å². The maximum atomic E-state index is 12.3. The Morgan fingerprint density at radius 3 is 2.53 bits per heavy atom. The van der Waals surface area contributed by atoms with Crippen LogP contribution in [-0.2, 0) is 9.53 Å². The SMILES string of the molecule is COC(=O)C1(NC(=O)c2cccc(C)c2)CCCC1. The van der Waals surface area contributed by atoms with Gasteiger partial charge >= 0.3 is 5.97 Å². The lowest BCUT2D eigenvalue weighted by molar-refractivity contribution is -0.148. The summed E-state index contributed by atoms with van der Waals surface area (Å²) in [6.45, 7) is 1.93. The number of ether oxygens (including phenoxy) is 1. The van der Waals surface area contributed by atoms with E-state index in [9.17, 15) is 9.59 Å². The van der Waals surface area contributed by atoms with Gasteiger partial charge in [-0.1, -0.05) is 30.5 Å². The molecule has 1 N–H and O–H groups in total. The Morgan fingerprint density at radius 2 is 1.95 bits per heavy atom. The summed E-state index contributed by atoms with van der Waals surface area (Å²) in [6, 6.07) is 7.34. The standard InChI is InChI=1S/C15H19NO3/c1-11-6-5-7-12(10-11)13(17)16-15(14(18)19-2)8-3-4-9-15/h5-7,10H,3-4,8-9H2,1-2H3,(H,16,17). The quantitative estimate of drug-likeness (QED) is 0.849. The second-order valence-corrected chi connectivity index (χ2v) is 5.10. The third-order valence-electron chi connectivity index (χ3n) is 3.67. The predicted octanol–water partition coefficient (Wildman–Crippen LogP) is 2.21. The Morgan fingerprint density at radius 1 is 1.26 bits per heavy atom. The molecule has 4 heteroatoms. The van der Waals surface area contributed by atoms with Gasteiger partial charge in [-0.15, -0.1) is 0 Å². The van der Waals surface area contributed by atoms with Gasteiger partial charge in [-0.2, -0.15) is 0 Å². The number of aryl methyl sites for hydroxylation is 1. The van der Waals surface area contributed by atoms with Gasteiger partial charge in [0.15, 0.2) is 0 Å². The molecule has 0 heterocycles. The molecule has 0 atom stereocenters. The number of nitrogens with one attached hydrogen (secondary N) is 1. The summed E-state index contributed by atoms with van der Waals surface area (Å²) < 4.78 is 4.84. The van der Waals surface area contributed by atoms with Gasteiger partial charge in [-0.25, -0.2) is 4.79 Å². The third kappa shape index (κ3) is 2.78. The van der Waals surface area contributed by atoms with Crippen molar-refractivity contribution in [2.45, 2.75) is 38.1 Å². The lowest BCUT2D eigenvalue weighted by atomic mass is 9.97. The summed E-state index contributed by atoms with van der Waals surface area (Å²) in [7, 11) is 1.36. The van der Waals surface area contributed by atoms with Gasteiger partial charge < -0.3 is 10.1 Å². The number of methoxy groups -OCH3 is 1. The van der Waals surface area contributed by atoms with Crippen LogP contribution in [0.4, 0.5) is 0 Å². The highest BCUT2D eigenvalue weighted by atomic mass is 16.5. The summed E-state index contributed by atoms with van der Waals surface area (Å²) in [5, 5.41) is 2.87. The van der Waals surface area contributed by atoms with E-state index < -0.39 is 5.54 Å². The van der Waals surface area contributed by atoms with E-state index in [1.807, 2.05) is 25.1 Å². The fourth-order valence-corrected chi connectivity index (χ4v) is 2.63. The monoisotopic (exact) mass is 261 g/mol. The molecule has 0 unspecified atom stereocenters. The summed E-state index contributed by atoms with van der Waals surface area (Å²) in [5.74, 6) is -0.554. The normalized spacial score (nSPS) is 16.9. The first kappa shape index (κ1) is 13.6. The van der Waals surface area contributed by atoms with Crippen LogP contribution in [-0.4, -0.2) is 24.5 Å². The first-order valence-electron chi connectivity index (χ1n) is 6.55. The van der Waals surface area contributed by atoms with Crippen molar-refractivity contribution in [2.24, 2.45) is 0 Å². The van der Waals surface area contributed by atoms with E-state index >= 15 is 0 Å². The molecule has 0 aliphatic heterocycles. The molecule has 0 radical (unpaired) electrons. The van der Waals surface area contributed by atoms with Crippen molar-refractivity contribution < 1.29 is 14.3 Å². The van der Waals surface area contributed by atoms with E-state index in [0.717, 1.165) is 18.4 Å². The molecule has 0 aromatic heterocycles. The fraction of sp³-hybridized carbons (Fsp3) is 0.467. The van der Waals surface area contributed by atoms with Gasteiger partial charge in [0, 0.05) is 5.56 Å². The van der Waals surface area contributed by atoms with E-state index in [4.69, 9.17) is 4.74 Å². The van der Waals surface area contributed by atoms with Crippen LogP contribution in [0.15, 0.2) is 24.3 Å². The van der Waals surface area contributed by atoms with Gasteiger partial charge in [-0.05, 0) is 31.9 Å². The smallest absolute Gasteiger partial charge is 0.331 e. The largest absolute Gasteiger partial charge is 0.467 e. The molecule has 1 saturated carbocycles. The lowest BCUT2D eigenvalue weighted by Crippen LogP contribution is -2.53. The molecule has 4 nitrogen and oxygen atoms in total. The van der Waals surface area contributed by atoms with Crippen molar-refractivity contribution in [3.8, 4) is 0 Å². The van der Waals surface area contributed by atoms with Crippen LogP contribution in [0.25, 0.3) is 0 Å². The highest BCUT2D eigenvalue weighted by molar-refractivity contribution is 5.98. The van der Waals surface area contributed by atoms with Crippen LogP contribution in [0.3, 0.4) is 0 Å². The number of hydrogen-bond donors (Lipinski definition) is 1. The van der Waals surface area contributed by atoms with E-state index in [1.54, 1.807) is 6.07 Å². The molecule has 0 spiro atoms. The van der Waals surface area contributed by atoms with Crippen molar-refractivity contribution in [2.75, 3.05) is 7.11 Å². The van der Waals surface area contributed by atoms with Gasteiger partial charge in [-0.3, -0.25) is 4.79 Å². The Hall–Kier alpha value is -1.84. The van der Waals surface area contributed by atoms with Crippen LogP contribution < -0.4 is 5.32 Å². The average Bonchev–Trinajstić information content (AvgIpc) is 2.87. The number of hydrogen-bond acceptors (Lipinski definition) is 3. The topological polar surface area (TPSA) is 55.4 Å². The molecule has 1 aromatic rings. The number of rotatable bonds is 3. The van der Waals surface area contributed by atoms with E-state index in [0.29, 0.717) is 18.4 Å². The maximum absolute atomic E-state index is 12.3. The Labute approximate surface area is 113 Å². The Kier molecular flexibility index (Phi) is 3.88. The lowest BCUT2D eigenvalue weighted by Gasteiger charge is -2.27. The summed E-state index contributed by atoms with van der Waals surface area (Å²) in [6.07, 6.45) is 3.17. The fourth-order valence-electron chi connectivity index (χ4n) is 2.63. The Balaban J connectivity index is 2.18. The van der Waals surface area contributed by atoms with E-state index in [-0.39, 0.29) is 11.9 Å². The van der Waals surface area contributed by atoms with Crippen molar-refractivity contribution in [3.05, 3.63) is 35.4 Å². The number of carbonyl (C=O) groups excluding carboxylic acids is 2. The zero-order valence-electron chi connectivity index (χ0n) is 11.4. The predicted molar refractivity (Wildman–Crippen MR) is 71.9 cm³/mol. The highest BCUT2D eigenvalue weighted by Crippen LogP contribution is 2.31. The molecular formula is C15H19NO3. The van der Waals surface area contributed by atoms with Crippen LogP contribution in [0, 0.1) is 6.92 Å². The third-order valence-corrected chi connectivity index (χ3v) is 3.67. The number of amides is 1. The molecule has 1 aromatic carbocycles. The summed E-state index contributed by atoms with van der Waals surface area (Å²) >= 11 is 0. The van der Waals surface area contributed by atoms with Crippen molar-refractivity contribution in [3.63, 3.8) is 0 Å². The van der Waals surface area contributed by atoms with Gasteiger partial charge in [0.05, 0.1) is 7.11 Å². The summed E-state index contributed by atoms with van der Waals surface area (Å²) in [4.78, 5) is 24.2. The summed E-state index contributed by atoms with van der Waals surface area (Å²) in [5.41, 5.74) is 0.761. The highest BCUT2D eigenvalue weighted by Gasteiger charge is 2.43. The minimum absolute atomic E-state index is 0.212.